The van der Waals surface area contributed by atoms with Gasteiger partial charge < -0.3 is 14.2 Å². The summed E-state index contributed by atoms with van der Waals surface area (Å²) in [5.41, 5.74) is -5.42. The molecular weight excluding hydrogens is 516 g/mol. The van der Waals surface area contributed by atoms with Crippen LogP contribution in [0, 0.1) is 29.1 Å². The second-order valence-electron chi connectivity index (χ2n) is 6.74. The Kier molecular flexibility index (Phi) is 7.24. The fraction of sp³-hybridized carbons (Fsp3) is 0.250. The molecule has 2 aromatic rings. The normalized spacial score (nSPS) is 17.0. The molecule has 1 N–H and O–H groups in total. The zero-order chi connectivity index (χ0) is 25.6. The van der Waals surface area contributed by atoms with Crippen LogP contribution < -0.4 is 0 Å². The number of carboxylic acids is 1. The number of aliphatic carboxylic acids is 1. The summed E-state index contributed by atoms with van der Waals surface area (Å²) in [5.74, 6) is -13.2. The van der Waals surface area contributed by atoms with E-state index < -0.39 is 74.6 Å². The van der Waals surface area contributed by atoms with E-state index in [1.165, 1.54) is 13.8 Å². The van der Waals surface area contributed by atoms with E-state index >= 15 is 8.78 Å². The van der Waals surface area contributed by atoms with E-state index in [0.29, 0.717) is 12.1 Å². The molecule has 0 fully saturated rings. The minimum absolute atomic E-state index is 0.252. The van der Waals surface area contributed by atoms with Crippen LogP contribution in [0.15, 0.2) is 32.9 Å². The van der Waals surface area contributed by atoms with E-state index in [1.54, 1.807) is 0 Å². The summed E-state index contributed by atoms with van der Waals surface area (Å²) in [7, 11) is -7.88. The molecule has 2 aromatic carbocycles. The van der Waals surface area contributed by atoms with Gasteiger partial charge in [0.25, 0.3) is 0 Å². The molecule has 1 heterocycles. The van der Waals surface area contributed by atoms with Gasteiger partial charge in [0, 0.05) is 10.5 Å². The Morgan fingerprint density at radius 1 is 0.971 bits per heavy atom. The molecule has 0 saturated heterocycles. The van der Waals surface area contributed by atoms with E-state index in [4.69, 9.17) is 0 Å². The number of alkyl halides is 2. The van der Waals surface area contributed by atoms with Crippen molar-refractivity contribution >= 4 is 30.5 Å². The van der Waals surface area contributed by atoms with Crippen LogP contribution in [0.5, 0.6) is 0 Å². The molecule has 186 valence electrons. The minimum Gasteiger partial charge on any atom is -0.477 e. The van der Waals surface area contributed by atoms with E-state index in [1.807, 2.05) is 0 Å². The first-order valence-corrected chi connectivity index (χ1v) is 12.4. The lowest BCUT2D eigenvalue weighted by molar-refractivity contribution is -0.131. The van der Waals surface area contributed by atoms with Crippen LogP contribution in [0.3, 0.4) is 0 Å². The number of thiol groups is 1. The molecule has 3 rings (SSSR count). The van der Waals surface area contributed by atoms with Crippen molar-refractivity contribution in [3.63, 3.8) is 0 Å². The molecule has 14 heteroatoms. The van der Waals surface area contributed by atoms with E-state index in [-0.39, 0.29) is 23.7 Å². The summed E-state index contributed by atoms with van der Waals surface area (Å²) < 4.78 is 122. The summed E-state index contributed by atoms with van der Waals surface area (Å²) in [6.45, 7) is 1.85. The van der Waals surface area contributed by atoms with Crippen LogP contribution in [-0.4, -0.2) is 24.3 Å². The number of hydrogen-bond acceptors (Lipinski definition) is 4. The number of carbonyl (C=O) groups is 1. The van der Waals surface area contributed by atoms with Crippen molar-refractivity contribution in [1.29, 1.82) is 0 Å². The van der Waals surface area contributed by atoms with Crippen molar-refractivity contribution < 1.29 is 54.2 Å². The van der Waals surface area contributed by atoms with Gasteiger partial charge in [0.2, 0.25) is 5.82 Å². The minimum atomic E-state index is -5.04. The first kappa shape index (κ1) is 26.3. The van der Waals surface area contributed by atoms with Crippen molar-refractivity contribution in [3.8, 4) is 0 Å². The van der Waals surface area contributed by atoms with Gasteiger partial charge in [0.1, 0.15) is 0 Å². The van der Waals surface area contributed by atoms with Crippen molar-refractivity contribution in [3.05, 3.63) is 63.3 Å². The number of halogens is 7. The van der Waals surface area contributed by atoms with Crippen LogP contribution in [0.4, 0.5) is 30.7 Å². The van der Waals surface area contributed by atoms with Crippen molar-refractivity contribution in [1.82, 2.24) is 0 Å². The number of fused-ring (bicyclic) bond motifs is 1. The summed E-state index contributed by atoms with van der Waals surface area (Å²) in [5, 5.41) is 9.50. The number of benzene rings is 2. The fourth-order valence-electron chi connectivity index (χ4n) is 3.29. The second-order valence-corrected chi connectivity index (χ2v) is 10.9. The Hall–Kier alpha value is -2.34. The van der Waals surface area contributed by atoms with Gasteiger partial charge in [-0.05, 0) is 37.6 Å². The standard InChI is InChI=1S/C20H16F7O5PS/c1-3-31-33(30,32-4-2)20(26,27)10-5-6-11-9(7-10)8-12(19(28)29)34(11)18-16(24)14(22)13(21)15(23)17(18)25/h5-8,34H,3-4H2,1-2H3,(H,28,29). The lowest BCUT2D eigenvalue weighted by atomic mass is 10.1. The molecule has 1 aliphatic rings. The predicted molar refractivity (Wildman–Crippen MR) is 109 cm³/mol. The number of hydrogen-bond donors (Lipinski definition) is 2. The van der Waals surface area contributed by atoms with Crippen molar-refractivity contribution in [2.75, 3.05) is 13.2 Å². The average Bonchev–Trinajstić information content (AvgIpc) is 3.15. The molecule has 1 aliphatic heterocycles. The molecular formula is C20H16F7O5PS. The van der Waals surface area contributed by atoms with Crippen LogP contribution in [-0.2, 0) is 24.1 Å². The fourth-order valence-corrected chi connectivity index (χ4v) is 7.22. The van der Waals surface area contributed by atoms with Gasteiger partial charge in [-0.15, -0.1) is 0 Å². The van der Waals surface area contributed by atoms with Crippen LogP contribution in [0.2, 0.25) is 0 Å². The maximum atomic E-state index is 15.1. The van der Waals surface area contributed by atoms with Crippen LogP contribution >= 0.6 is 18.5 Å². The summed E-state index contributed by atoms with van der Waals surface area (Å²) in [6, 6.07) is 2.26. The quantitative estimate of drug-likeness (QED) is 0.133. The molecule has 0 aromatic heterocycles. The molecule has 1 unspecified atom stereocenters. The highest BCUT2D eigenvalue weighted by Gasteiger charge is 2.55. The third-order valence-corrected chi connectivity index (χ3v) is 9.39. The molecule has 0 radical (unpaired) electrons. The smallest absolute Gasteiger partial charge is 0.404 e. The zero-order valence-electron chi connectivity index (χ0n) is 17.3. The molecule has 0 aliphatic carbocycles. The molecule has 0 bridgehead atoms. The molecule has 0 saturated carbocycles. The third-order valence-electron chi connectivity index (χ3n) is 4.72. The molecule has 5 nitrogen and oxygen atoms in total. The van der Waals surface area contributed by atoms with Gasteiger partial charge >= 0.3 is 19.2 Å². The maximum Gasteiger partial charge on any atom is 0.404 e. The second kappa shape index (κ2) is 9.37. The lowest BCUT2D eigenvalue weighted by Gasteiger charge is -2.27. The Morgan fingerprint density at radius 2 is 1.47 bits per heavy atom. The van der Waals surface area contributed by atoms with E-state index in [0.717, 1.165) is 12.1 Å². The van der Waals surface area contributed by atoms with Gasteiger partial charge in [-0.1, -0.05) is 6.07 Å². The first-order chi connectivity index (χ1) is 15.8. The van der Waals surface area contributed by atoms with Gasteiger partial charge in [-0.2, -0.15) is 19.7 Å². The number of carboxylic acid groups (broad SMARTS) is 1. The number of rotatable bonds is 8. The molecule has 1 atom stereocenters. The Bertz CT molecular complexity index is 1210. The monoisotopic (exact) mass is 532 g/mol. The summed E-state index contributed by atoms with van der Waals surface area (Å²) in [6.07, 6.45) is 0.785. The Balaban J connectivity index is 2.23. The van der Waals surface area contributed by atoms with Crippen molar-refractivity contribution in [2.24, 2.45) is 0 Å². The van der Waals surface area contributed by atoms with Gasteiger partial charge in [-0.25, -0.2) is 26.7 Å². The molecule has 34 heavy (non-hydrogen) atoms. The predicted octanol–water partition coefficient (Wildman–Crippen LogP) is 6.56. The van der Waals surface area contributed by atoms with E-state index in [2.05, 4.69) is 9.05 Å². The van der Waals surface area contributed by atoms with E-state index in [9.17, 15) is 36.4 Å². The Morgan fingerprint density at radius 3 is 1.94 bits per heavy atom. The average molecular weight is 532 g/mol. The Labute approximate surface area is 191 Å². The first-order valence-electron chi connectivity index (χ1n) is 9.50. The highest BCUT2D eigenvalue weighted by molar-refractivity contribution is 8.21. The summed E-state index contributed by atoms with van der Waals surface area (Å²) in [4.78, 5) is 9.34. The maximum absolute atomic E-state index is 15.1. The summed E-state index contributed by atoms with van der Waals surface area (Å²) >= 11 is 0. The van der Waals surface area contributed by atoms with Gasteiger partial charge in [0.05, 0.1) is 23.0 Å². The highest BCUT2D eigenvalue weighted by Crippen LogP contribution is 2.67. The third kappa shape index (κ3) is 4.04. The van der Waals surface area contributed by atoms with Gasteiger partial charge in [0.15, 0.2) is 23.3 Å². The van der Waals surface area contributed by atoms with Crippen LogP contribution in [0.25, 0.3) is 6.08 Å². The van der Waals surface area contributed by atoms with Gasteiger partial charge in [-0.3, -0.25) is 4.57 Å². The largest absolute Gasteiger partial charge is 0.477 e. The molecule has 0 amide bonds. The zero-order valence-corrected chi connectivity index (χ0v) is 19.1. The highest BCUT2D eigenvalue weighted by atomic mass is 32.2. The lowest BCUT2D eigenvalue weighted by Crippen LogP contribution is -2.18. The van der Waals surface area contributed by atoms with Crippen molar-refractivity contribution in [2.45, 2.75) is 29.3 Å². The van der Waals surface area contributed by atoms with Crippen LogP contribution in [0.1, 0.15) is 25.0 Å². The SMILES string of the molecule is CCOP(=O)(OCC)C(F)(F)c1ccc2c(c1)C=C(C(=O)O)[SH]2c1c(F)c(F)c(F)c(F)c1F. The topological polar surface area (TPSA) is 72.8 Å². The molecule has 0 spiro atoms.